The lowest BCUT2D eigenvalue weighted by Crippen LogP contribution is -2.10. The minimum absolute atomic E-state index is 0. The summed E-state index contributed by atoms with van der Waals surface area (Å²) in [4.78, 5) is 9.27. The van der Waals surface area contributed by atoms with Gasteiger partial charge in [-0.25, -0.2) is 9.69 Å². The minimum atomic E-state index is 0. The first-order valence-electron chi connectivity index (χ1n) is 13.8. The fraction of sp³-hybridized carbons (Fsp3) is 0.421. The van der Waals surface area contributed by atoms with Crippen LogP contribution in [0.1, 0.15) is 116 Å². The molecule has 0 spiro atoms. The van der Waals surface area contributed by atoms with E-state index in [0.29, 0.717) is 0 Å². The molecule has 0 aliphatic rings. The van der Waals surface area contributed by atoms with Gasteiger partial charge in [0.25, 0.3) is 0 Å². The van der Waals surface area contributed by atoms with Gasteiger partial charge in [-0.2, -0.15) is 0 Å². The van der Waals surface area contributed by atoms with E-state index < -0.39 is 0 Å². The Morgan fingerprint density at radius 3 is 1.39 bits per heavy atom. The molecule has 1 aromatic heterocycles. The number of hydrogen-bond donors (Lipinski definition) is 0. The van der Waals surface area contributed by atoms with Gasteiger partial charge in [0, 0.05) is 9.75 Å². The molecule has 2 nitrogen and oxygen atoms in total. The Bertz CT molecular complexity index is 1350. The normalized spacial score (nSPS) is 12.0. The summed E-state index contributed by atoms with van der Waals surface area (Å²) in [6, 6.07) is 21.4. The molecule has 3 aromatic rings. The molecule has 220 valence electrons. The summed E-state index contributed by atoms with van der Waals surface area (Å²) in [5.74, 6) is 0. The van der Waals surface area contributed by atoms with Crippen LogP contribution < -0.4 is 0 Å². The summed E-state index contributed by atoms with van der Waals surface area (Å²) in [5.41, 5.74) is 7.30. The van der Waals surface area contributed by atoms with Crippen LogP contribution in [0.5, 0.6) is 0 Å². The largest absolute Gasteiger partial charge is 0.243 e. The second-order valence-electron chi connectivity index (χ2n) is 13.2. The van der Waals surface area contributed by atoms with Gasteiger partial charge in [0.1, 0.15) is 0 Å². The molecule has 0 unspecified atom stereocenters. The van der Waals surface area contributed by atoms with Crippen molar-refractivity contribution >= 4 is 23.5 Å². The standard InChI is InChI=1S/C14H17N.C12H15NS.C11H16.CH4/c1-11(15-5)10-12-6-8-13(9-7-12)14(2,3)4;1-9(13-5)8-10-6-7-11(14-10)12(2,3)4;1-9-5-7-10(8-6-9)11(2,3)4;/h6-10H,1-4H3;6-8H,1-4H3;5-8H,1-4H3;1H4/b11-10-;9-8-;;. The second-order valence-corrected chi connectivity index (χ2v) is 14.4. The zero-order chi connectivity index (χ0) is 30.7. The van der Waals surface area contributed by atoms with Gasteiger partial charge in [0.05, 0.1) is 13.1 Å². The number of aryl methyl sites for hydroxylation is 1. The van der Waals surface area contributed by atoms with Crippen molar-refractivity contribution in [2.24, 2.45) is 0 Å². The maximum Gasteiger partial charge on any atom is 0.163 e. The Balaban J connectivity index is 0.000000585. The van der Waals surface area contributed by atoms with E-state index in [1.54, 1.807) is 11.3 Å². The van der Waals surface area contributed by atoms with Crippen LogP contribution in [0.2, 0.25) is 0 Å². The van der Waals surface area contributed by atoms with Crippen molar-refractivity contribution in [3.05, 3.63) is 127 Å². The Morgan fingerprint density at radius 1 is 0.610 bits per heavy atom. The second kappa shape index (κ2) is 16.1. The van der Waals surface area contributed by atoms with E-state index in [-0.39, 0.29) is 23.7 Å². The molecule has 0 aliphatic carbocycles. The Labute approximate surface area is 256 Å². The van der Waals surface area contributed by atoms with Crippen molar-refractivity contribution < 1.29 is 0 Å². The zero-order valence-corrected chi connectivity index (χ0v) is 27.5. The van der Waals surface area contributed by atoms with E-state index in [0.717, 1.165) is 17.0 Å². The van der Waals surface area contributed by atoms with Crippen LogP contribution in [0.25, 0.3) is 21.8 Å². The average Bonchev–Trinajstić information content (AvgIpc) is 3.33. The van der Waals surface area contributed by atoms with Gasteiger partial charge in [-0.1, -0.05) is 130 Å². The maximum atomic E-state index is 6.86. The van der Waals surface area contributed by atoms with Gasteiger partial charge in [0.2, 0.25) is 0 Å². The molecule has 0 bridgehead atoms. The highest BCUT2D eigenvalue weighted by Gasteiger charge is 2.15. The number of nitrogens with zero attached hydrogens (tertiary/aromatic N) is 2. The zero-order valence-electron chi connectivity index (χ0n) is 26.7. The number of allylic oxidation sites excluding steroid dienone is 2. The fourth-order valence-corrected chi connectivity index (χ4v) is 4.54. The highest BCUT2D eigenvalue weighted by molar-refractivity contribution is 7.13. The number of thiophene rings is 1. The summed E-state index contributed by atoms with van der Waals surface area (Å²) in [6.45, 7) is 39.4. The van der Waals surface area contributed by atoms with Gasteiger partial charge in [-0.3, -0.25) is 0 Å². The fourth-order valence-electron chi connectivity index (χ4n) is 3.48. The smallest absolute Gasteiger partial charge is 0.163 e. The minimum Gasteiger partial charge on any atom is -0.243 e. The topological polar surface area (TPSA) is 8.72 Å². The molecule has 0 saturated heterocycles. The molecular formula is C38H52N2S. The number of hydrogen-bond acceptors (Lipinski definition) is 1. The molecule has 0 N–H and O–H groups in total. The lowest BCUT2D eigenvalue weighted by Gasteiger charge is -2.18. The van der Waals surface area contributed by atoms with E-state index in [1.165, 1.54) is 26.4 Å². The van der Waals surface area contributed by atoms with E-state index in [1.807, 2.05) is 26.0 Å². The molecule has 0 atom stereocenters. The summed E-state index contributed by atoms with van der Waals surface area (Å²) >= 11 is 1.76. The lowest BCUT2D eigenvalue weighted by atomic mass is 9.87. The first-order chi connectivity index (χ1) is 18.4. The van der Waals surface area contributed by atoms with Crippen LogP contribution >= 0.6 is 11.3 Å². The monoisotopic (exact) mass is 568 g/mol. The molecule has 0 fully saturated rings. The third-order valence-corrected chi connectivity index (χ3v) is 7.60. The molecule has 0 saturated carbocycles. The van der Waals surface area contributed by atoms with Gasteiger partial charge >= 0.3 is 0 Å². The summed E-state index contributed by atoms with van der Waals surface area (Å²) in [7, 11) is 0. The van der Waals surface area contributed by atoms with Crippen LogP contribution in [-0.2, 0) is 16.2 Å². The van der Waals surface area contributed by atoms with Crippen molar-refractivity contribution in [1.82, 2.24) is 0 Å². The number of rotatable bonds is 2. The van der Waals surface area contributed by atoms with Gasteiger partial charge < -0.3 is 0 Å². The Hall–Kier alpha value is -3.40. The third-order valence-electron chi connectivity index (χ3n) is 6.14. The van der Waals surface area contributed by atoms with Crippen molar-refractivity contribution in [3.8, 4) is 0 Å². The first-order valence-corrected chi connectivity index (χ1v) is 14.6. The summed E-state index contributed by atoms with van der Waals surface area (Å²) in [5, 5.41) is 0. The Kier molecular flexibility index (Phi) is 14.8. The van der Waals surface area contributed by atoms with E-state index in [9.17, 15) is 0 Å². The molecule has 41 heavy (non-hydrogen) atoms. The van der Waals surface area contributed by atoms with Gasteiger partial charge in [-0.05, 0) is 71.9 Å². The maximum absolute atomic E-state index is 6.86. The van der Waals surface area contributed by atoms with E-state index in [2.05, 4.69) is 140 Å². The molecule has 3 rings (SSSR count). The van der Waals surface area contributed by atoms with Gasteiger partial charge in [0.15, 0.2) is 11.4 Å². The van der Waals surface area contributed by atoms with Crippen molar-refractivity contribution in [3.63, 3.8) is 0 Å². The highest BCUT2D eigenvalue weighted by atomic mass is 32.1. The summed E-state index contributed by atoms with van der Waals surface area (Å²) in [6.07, 6.45) is 3.84. The SMILES string of the molecule is C.Cc1ccc(C(C)(C)C)cc1.[C-]#[N+]/C(C)=C\c1ccc(C(C)(C)C)cc1.[C-]#[N+]/C(C)=C\c1ccc(C(C)(C)C)s1. The quantitative estimate of drug-likeness (QED) is 0.272. The first kappa shape index (κ1) is 37.6. The van der Waals surface area contributed by atoms with Gasteiger partial charge in [-0.15, -0.1) is 11.3 Å². The summed E-state index contributed by atoms with van der Waals surface area (Å²) < 4.78 is 0. The van der Waals surface area contributed by atoms with Crippen LogP contribution in [0.4, 0.5) is 0 Å². The predicted molar refractivity (Wildman–Crippen MR) is 185 cm³/mol. The molecular weight excluding hydrogens is 516 g/mol. The number of benzene rings is 2. The van der Waals surface area contributed by atoms with Crippen LogP contribution in [-0.4, -0.2) is 0 Å². The van der Waals surface area contributed by atoms with E-state index in [4.69, 9.17) is 13.1 Å². The third kappa shape index (κ3) is 14.2. The molecule has 0 amide bonds. The van der Waals surface area contributed by atoms with Crippen molar-refractivity contribution in [2.75, 3.05) is 0 Å². The van der Waals surface area contributed by atoms with Crippen molar-refractivity contribution in [2.45, 2.75) is 107 Å². The van der Waals surface area contributed by atoms with Crippen molar-refractivity contribution in [1.29, 1.82) is 0 Å². The lowest BCUT2D eigenvalue weighted by molar-refractivity contribution is 0.590. The van der Waals surface area contributed by atoms with Crippen LogP contribution in [0.3, 0.4) is 0 Å². The van der Waals surface area contributed by atoms with Crippen LogP contribution in [0, 0.1) is 20.1 Å². The average molecular weight is 569 g/mol. The highest BCUT2D eigenvalue weighted by Crippen LogP contribution is 2.30. The predicted octanol–water partition coefficient (Wildman–Crippen LogP) is 12.5. The molecule has 0 aliphatic heterocycles. The Morgan fingerprint density at radius 2 is 1.02 bits per heavy atom. The molecule has 3 heteroatoms. The van der Waals surface area contributed by atoms with Crippen LogP contribution in [0.15, 0.2) is 72.1 Å². The van der Waals surface area contributed by atoms with E-state index >= 15 is 0 Å². The molecule has 1 heterocycles. The molecule has 0 radical (unpaired) electrons. The molecule has 2 aromatic carbocycles.